The number of rotatable bonds is 9. The Kier molecular flexibility index (Phi) is 8.95. The molecule has 0 spiro atoms. The van der Waals surface area contributed by atoms with Crippen LogP contribution in [0.1, 0.15) is 52.7 Å². The molecule has 40 heavy (non-hydrogen) atoms. The van der Waals surface area contributed by atoms with E-state index in [0.717, 1.165) is 73.4 Å². The molecule has 0 saturated carbocycles. The van der Waals surface area contributed by atoms with Crippen LogP contribution in [0.5, 0.6) is 5.75 Å². The smallest absolute Gasteiger partial charge is 0.294 e. The summed E-state index contributed by atoms with van der Waals surface area (Å²) in [6.07, 6.45) is 3.42. The van der Waals surface area contributed by atoms with E-state index >= 15 is 0 Å². The average molecular weight is 567 g/mol. The number of nitrogens with zero attached hydrogens (tertiary/aromatic N) is 2. The molecule has 3 aromatic rings. The van der Waals surface area contributed by atoms with Gasteiger partial charge in [0.05, 0.1) is 4.90 Å². The van der Waals surface area contributed by atoms with Crippen LogP contribution < -0.4 is 4.74 Å². The van der Waals surface area contributed by atoms with Gasteiger partial charge >= 0.3 is 0 Å². The zero-order valence-electron chi connectivity index (χ0n) is 22.5. The molecule has 1 fully saturated rings. The van der Waals surface area contributed by atoms with E-state index in [1.165, 1.54) is 24.3 Å². The molecule has 2 heterocycles. The third-order valence-corrected chi connectivity index (χ3v) is 8.74. The number of hydrogen-bond donors (Lipinski definition) is 1. The van der Waals surface area contributed by atoms with Crippen molar-refractivity contribution in [2.45, 2.75) is 50.2 Å². The summed E-state index contributed by atoms with van der Waals surface area (Å²) in [4.78, 5) is 17.6. The summed E-state index contributed by atoms with van der Waals surface area (Å²) in [5.74, 6) is 1.22. The first-order valence-corrected chi connectivity index (χ1v) is 15.2. The molecule has 3 aromatic carbocycles. The van der Waals surface area contributed by atoms with Gasteiger partial charge in [-0.05, 0) is 91.9 Å². The lowest BCUT2D eigenvalue weighted by molar-refractivity contribution is 0.0961. The number of ketones is 1. The molecule has 212 valence electrons. The lowest BCUT2D eigenvalue weighted by Gasteiger charge is -2.32. The van der Waals surface area contributed by atoms with Gasteiger partial charge in [0, 0.05) is 43.7 Å². The number of piperidine rings is 1. The molecule has 0 atom stereocenters. The number of benzene rings is 3. The maximum Gasteiger partial charge on any atom is 0.294 e. The predicted octanol–water partition coefficient (Wildman–Crippen LogP) is 5.34. The number of Topliss-reactive ketones (excluding diaryl/α,β-unsaturated/α-hetero) is 1. The van der Waals surface area contributed by atoms with Crippen LogP contribution in [0.3, 0.4) is 0 Å². The van der Waals surface area contributed by atoms with Gasteiger partial charge in [-0.2, -0.15) is 8.42 Å². The summed E-state index contributed by atoms with van der Waals surface area (Å²) in [7, 11) is -4.18. The van der Waals surface area contributed by atoms with E-state index in [1.807, 2.05) is 18.2 Å². The highest BCUT2D eigenvalue weighted by Gasteiger charge is 2.22. The van der Waals surface area contributed by atoms with E-state index in [4.69, 9.17) is 9.29 Å². The van der Waals surface area contributed by atoms with Crippen molar-refractivity contribution in [3.05, 3.63) is 94.8 Å². The predicted molar refractivity (Wildman–Crippen MR) is 150 cm³/mol. The molecular formula is C31H35FN2O5S. The van der Waals surface area contributed by atoms with Crippen molar-refractivity contribution in [2.75, 3.05) is 26.2 Å². The number of carbonyl (C=O) groups excluding carboxylic acids is 1. The summed E-state index contributed by atoms with van der Waals surface area (Å²) in [6.45, 7) is 5.27. The second-order valence-corrected chi connectivity index (χ2v) is 12.2. The maximum atomic E-state index is 13.3. The fourth-order valence-corrected chi connectivity index (χ4v) is 6.02. The summed E-state index contributed by atoms with van der Waals surface area (Å²) in [6, 6.07) is 18.6. The Hall–Kier alpha value is -3.11. The molecule has 0 radical (unpaired) electrons. The van der Waals surface area contributed by atoms with Crippen LogP contribution in [0, 0.1) is 11.7 Å². The van der Waals surface area contributed by atoms with Crippen molar-refractivity contribution in [3.8, 4) is 5.75 Å². The molecule has 2 aliphatic heterocycles. The maximum absolute atomic E-state index is 13.3. The Morgan fingerprint density at radius 2 is 1.55 bits per heavy atom. The van der Waals surface area contributed by atoms with Gasteiger partial charge in [-0.25, -0.2) is 4.39 Å². The number of halogens is 1. The van der Waals surface area contributed by atoms with Crippen LogP contribution >= 0.6 is 0 Å². The van der Waals surface area contributed by atoms with Gasteiger partial charge in [0.2, 0.25) is 0 Å². The summed E-state index contributed by atoms with van der Waals surface area (Å²) < 4.78 is 50.8. The average Bonchev–Trinajstić information content (AvgIpc) is 3.14. The fraction of sp³-hybridized carbons (Fsp3) is 0.387. The number of carbonyl (C=O) groups is 1. The van der Waals surface area contributed by atoms with E-state index in [2.05, 4.69) is 9.80 Å². The molecule has 5 rings (SSSR count). The van der Waals surface area contributed by atoms with E-state index in [0.29, 0.717) is 32.0 Å². The summed E-state index contributed by atoms with van der Waals surface area (Å²) in [5, 5.41) is 0. The highest BCUT2D eigenvalue weighted by Crippen LogP contribution is 2.28. The topological polar surface area (TPSA) is 87.2 Å². The van der Waals surface area contributed by atoms with Gasteiger partial charge in [-0.15, -0.1) is 0 Å². The summed E-state index contributed by atoms with van der Waals surface area (Å²) in [5.41, 5.74) is 3.77. The quantitative estimate of drug-likeness (QED) is 0.276. The zero-order chi connectivity index (χ0) is 28.1. The molecule has 0 aromatic heterocycles. The van der Waals surface area contributed by atoms with Crippen molar-refractivity contribution >= 4 is 15.9 Å². The monoisotopic (exact) mass is 566 g/mol. The van der Waals surface area contributed by atoms with Gasteiger partial charge in [0.1, 0.15) is 18.2 Å². The second-order valence-electron chi connectivity index (χ2n) is 10.8. The Morgan fingerprint density at radius 1 is 0.900 bits per heavy atom. The third-order valence-electron chi connectivity index (χ3n) is 7.88. The minimum Gasteiger partial charge on any atom is -0.492 e. The minimum atomic E-state index is -4.18. The minimum absolute atomic E-state index is 0.0936. The van der Waals surface area contributed by atoms with Crippen molar-refractivity contribution in [2.24, 2.45) is 5.92 Å². The first-order chi connectivity index (χ1) is 19.2. The fourth-order valence-electron chi connectivity index (χ4n) is 5.54. The largest absolute Gasteiger partial charge is 0.492 e. The van der Waals surface area contributed by atoms with Gasteiger partial charge < -0.3 is 4.74 Å². The second kappa shape index (κ2) is 12.6. The number of fused-ring (bicyclic) bond motifs is 1. The van der Waals surface area contributed by atoms with Crippen LogP contribution in [0.2, 0.25) is 0 Å². The molecule has 2 aliphatic rings. The Bertz CT molecular complexity index is 1420. The van der Waals surface area contributed by atoms with Crippen LogP contribution in [-0.4, -0.2) is 54.8 Å². The van der Waals surface area contributed by atoms with Crippen molar-refractivity contribution < 1.29 is 26.9 Å². The van der Waals surface area contributed by atoms with Crippen LogP contribution in [0.15, 0.2) is 71.6 Å². The van der Waals surface area contributed by atoms with Crippen LogP contribution in [-0.2, 0) is 29.8 Å². The molecule has 7 nitrogen and oxygen atoms in total. The molecule has 1 saturated heterocycles. The molecule has 1 N–H and O–H groups in total. The van der Waals surface area contributed by atoms with Crippen LogP contribution in [0.4, 0.5) is 4.39 Å². The van der Waals surface area contributed by atoms with E-state index in [-0.39, 0.29) is 16.5 Å². The third kappa shape index (κ3) is 7.54. The molecule has 0 unspecified atom stereocenters. The van der Waals surface area contributed by atoms with E-state index in [1.54, 1.807) is 24.3 Å². The Balaban J connectivity index is 1.10. The van der Waals surface area contributed by atoms with Gasteiger partial charge in [0.15, 0.2) is 5.78 Å². The van der Waals surface area contributed by atoms with Crippen molar-refractivity contribution in [1.82, 2.24) is 9.80 Å². The highest BCUT2D eigenvalue weighted by molar-refractivity contribution is 7.85. The number of hydrogen-bond acceptors (Lipinski definition) is 6. The van der Waals surface area contributed by atoms with Gasteiger partial charge in [-0.3, -0.25) is 19.1 Å². The van der Waals surface area contributed by atoms with Crippen molar-refractivity contribution in [3.63, 3.8) is 0 Å². The molecule has 0 amide bonds. The number of likely N-dealkylation sites (tertiary alicyclic amines) is 1. The zero-order valence-corrected chi connectivity index (χ0v) is 23.3. The highest BCUT2D eigenvalue weighted by atomic mass is 32.2. The Labute approximate surface area is 235 Å². The first-order valence-electron chi connectivity index (χ1n) is 13.8. The van der Waals surface area contributed by atoms with E-state index in [9.17, 15) is 17.6 Å². The van der Waals surface area contributed by atoms with Gasteiger partial charge in [0.25, 0.3) is 10.1 Å². The molecule has 9 heteroatoms. The SMILES string of the molecule is O=C(CCC1CCN(Cc2ccc(S(=O)(=O)O)cc2)CC1)c1ccc2c(c1)CN(Cc1ccc(F)cc1)CCO2. The van der Waals surface area contributed by atoms with Gasteiger partial charge in [-0.1, -0.05) is 24.3 Å². The normalized spacial score (nSPS) is 17.1. The molecular weight excluding hydrogens is 531 g/mol. The van der Waals surface area contributed by atoms with Crippen molar-refractivity contribution in [1.29, 1.82) is 0 Å². The van der Waals surface area contributed by atoms with Crippen LogP contribution in [0.25, 0.3) is 0 Å². The number of ether oxygens (including phenoxy) is 1. The van der Waals surface area contributed by atoms with E-state index < -0.39 is 10.1 Å². The lowest BCUT2D eigenvalue weighted by atomic mass is 9.90. The summed E-state index contributed by atoms with van der Waals surface area (Å²) >= 11 is 0. The molecule has 0 aliphatic carbocycles. The lowest BCUT2D eigenvalue weighted by Crippen LogP contribution is -2.33. The molecule has 0 bridgehead atoms. The standard InChI is InChI=1S/C31H35FN2O5S/c32-28-7-1-24(2-8-28)21-34-17-18-39-31-12-6-26(19-27(31)22-34)30(35)11-5-23-13-15-33(16-14-23)20-25-3-9-29(10-4-25)40(36,37)38/h1-4,6-10,12,19,23H,5,11,13-18,20-22H2,(H,36,37,38). The Morgan fingerprint density at radius 3 is 2.23 bits per heavy atom. The first kappa shape index (κ1) is 28.4.